The van der Waals surface area contributed by atoms with Crippen molar-refractivity contribution in [1.82, 2.24) is 0 Å². The zero-order chi connectivity index (χ0) is 16.5. The third-order valence-corrected chi connectivity index (χ3v) is 4.52. The van der Waals surface area contributed by atoms with Gasteiger partial charge in [0.1, 0.15) is 5.75 Å². The highest BCUT2D eigenvalue weighted by Gasteiger charge is 2.20. The lowest BCUT2D eigenvalue weighted by Crippen LogP contribution is -2.15. The Morgan fingerprint density at radius 1 is 1.09 bits per heavy atom. The van der Waals surface area contributed by atoms with E-state index in [-0.39, 0.29) is 21.9 Å². The molecule has 116 valence electrons. The first-order valence-electron chi connectivity index (χ1n) is 6.37. The summed E-state index contributed by atoms with van der Waals surface area (Å²) >= 11 is 0. The Kier molecular flexibility index (Phi) is 4.09. The third kappa shape index (κ3) is 3.20. The maximum absolute atomic E-state index is 12.3. The van der Waals surface area contributed by atoms with Gasteiger partial charge in [0, 0.05) is 0 Å². The van der Waals surface area contributed by atoms with Gasteiger partial charge in [0.2, 0.25) is 0 Å². The van der Waals surface area contributed by atoms with Gasteiger partial charge < -0.3 is 10.2 Å². The van der Waals surface area contributed by atoms with Crippen LogP contribution >= 0.6 is 0 Å². The van der Waals surface area contributed by atoms with Crippen molar-refractivity contribution in [3.05, 3.63) is 53.1 Å². The van der Waals surface area contributed by atoms with E-state index in [2.05, 4.69) is 4.72 Å². The van der Waals surface area contributed by atoms with Crippen LogP contribution < -0.4 is 4.72 Å². The van der Waals surface area contributed by atoms with Gasteiger partial charge >= 0.3 is 5.97 Å². The minimum Gasteiger partial charge on any atom is -0.508 e. The fraction of sp³-hybridized carbons (Fsp3) is 0.133. The van der Waals surface area contributed by atoms with E-state index in [1.54, 1.807) is 19.1 Å². The molecule has 0 amide bonds. The molecule has 0 spiro atoms. The predicted octanol–water partition coefficient (Wildman–Crippen LogP) is 2.51. The van der Waals surface area contributed by atoms with E-state index in [9.17, 15) is 18.3 Å². The van der Waals surface area contributed by atoms with Gasteiger partial charge in [-0.15, -0.1) is 0 Å². The van der Waals surface area contributed by atoms with Gasteiger partial charge in [0.05, 0.1) is 16.1 Å². The Morgan fingerprint density at radius 2 is 1.68 bits per heavy atom. The average molecular weight is 321 g/mol. The summed E-state index contributed by atoms with van der Waals surface area (Å²) in [6.45, 7) is 3.38. The maximum atomic E-state index is 12.3. The molecule has 6 nitrogen and oxygen atoms in total. The van der Waals surface area contributed by atoms with Crippen LogP contribution in [0, 0.1) is 13.8 Å². The van der Waals surface area contributed by atoms with Crippen LogP contribution in [0.15, 0.2) is 41.3 Å². The Balaban J connectivity index is 2.47. The Hall–Kier alpha value is -2.54. The first-order chi connectivity index (χ1) is 10.2. The van der Waals surface area contributed by atoms with Gasteiger partial charge in [-0.3, -0.25) is 4.72 Å². The minimum absolute atomic E-state index is 0.0279. The maximum Gasteiger partial charge on any atom is 0.337 e. The molecular weight excluding hydrogens is 306 g/mol. The Labute approximate surface area is 128 Å². The molecule has 0 fully saturated rings. The SMILES string of the molecule is Cc1ccc(S(=O)(=O)Nc2cc(C)c(O)cc2C(=O)O)cc1. The van der Waals surface area contributed by atoms with Gasteiger partial charge in [0.25, 0.3) is 10.0 Å². The van der Waals surface area contributed by atoms with Crippen molar-refractivity contribution in [3.63, 3.8) is 0 Å². The molecule has 0 saturated carbocycles. The van der Waals surface area contributed by atoms with Crippen LogP contribution in [-0.2, 0) is 10.0 Å². The lowest BCUT2D eigenvalue weighted by Gasteiger charge is -2.12. The van der Waals surface area contributed by atoms with Gasteiger partial charge in [0.15, 0.2) is 0 Å². The molecule has 3 N–H and O–H groups in total. The Bertz CT molecular complexity index is 826. The topological polar surface area (TPSA) is 104 Å². The summed E-state index contributed by atoms with van der Waals surface area (Å²) in [6.07, 6.45) is 0. The van der Waals surface area contributed by atoms with Crippen LogP contribution in [0.1, 0.15) is 21.5 Å². The van der Waals surface area contributed by atoms with E-state index in [1.165, 1.54) is 18.2 Å². The fourth-order valence-electron chi connectivity index (χ4n) is 1.88. The van der Waals surface area contributed by atoms with Crippen LogP contribution in [0.25, 0.3) is 0 Å². The number of hydrogen-bond donors (Lipinski definition) is 3. The number of carboxylic acids is 1. The molecule has 0 atom stereocenters. The smallest absolute Gasteiger partial charge is 0.337 e. The molecule has 0 heterocycles. The highest BCUT2D eigenvalue weighted by Crippen LogP contribution is 2.27. The highest BCUT2D eigenvalue weighted by atomic mass is 32.2. The number of benzene rings is 2. The van der Waals surface area contributed by atoms with Crippen molar-refractivity contribution < 1.29 is 23.4 Å². The molecule has 0 aromatic heterocycles. The van der Waals surface area contributed by atoms with Crippen molar-refractivity contribution in [1.29, 1.82) is 0 Å². The molecule has 0 aliphatic rings. The largest absolute Gasteiger partial charge is 0.508 e. The van der Waals surface area contributed by atoms with Crippen molar-refractivity contribution >= 4 is 21.7 Å². The molecule has 0 radical (unpaired) electrons. The van der Waals surface area contributed by atoms with Gasteiger partial charge in [-0.05, 0) is 43.7 Å². The third-order valence-electron chi connectivity index (χ3n) is 3.14. The summed E-state index contributed by atoms with van der Waals surface area (Å²) in [5.74, 6) is -1.55. The summed E-state index contributed by atoms with van der Waals surface area (Å²) in [5.41, 5.74) is 0.861. The normalized spacial score (nSPS) is 11.2. The summed E-state index contributed by atoms with van der Waals surface area (Å²) in [7, 11) is -3.91. The zero-order valence-corrected chi connectivity index (χ0v) is 12.8. The van der Waals surface area contributed by atoms with Gasteiger partial charge in [-0.1, -0.05) is 17.7 Å². The van der Waals surface area contributed by atoms with E-state index >= 15 is 0 Å². The standard InChI is InChI=1S/C15H15NO5S/c1-9-3-5-11(6-4-9)22(20,21)16-13-7-10(2)14(17)8-12(13)15(18)19/h3-8,16-17H,1-2H3,(H,18,19). The van der Waals surface area contributed by atoms with Crippen molar-refractivity contribution in [3.8, 4) is 5.75 Å². The van der Waals surface area contributed by atoms with Crippen LogP contribution in [-0.4, -0.2) is 24.6 Å². The van der Waals surface area contributed by atoms with Crippen LogP contribution in [0.5, 0.6) is 5.75 Å². The number of phenols is 1. The van der Waals surface area contributed by atoms with Gasteiger partial charge in [-0.2, -0.15) is 0 Å². The molecule has 7 heteroatoms. The molecule has 22 heavy (non-hydrogen) atoms. The summed E-state index contributed by atoms with van der Waals surface area (Å²) in [4.78, 5) is 11.2. The summed E-state index contributed by atoms with van der Waals surface area (Å²) < 4.78 is 26.9. The Morgan fingerprint density at radius 3 is 2.23 bits per heavy atom. The number of rotatable bonds is 4. The molecule has 0 aliphatic carbocycles. The molecule has 0 saturated heterocycles. The molecule has 0 aliphatic heterocycles. The quantitative estimate of drug-likeness (QED) is 0.751. The number of carbonyl (C=O) groups is 1. The first-order valence-corrected chi connectivity index (χ1v) is 7.85. The van der Waals surface area contributed by atoms with Crippen LogP contribution in [0.2, 0.25) is 0 Å². The second-order valence-electron chi connectivity index (χ2n) is 4.91. The van der Waals surface area contributed by atoms with Crippen molar-refractivity contribution in [2.24, 2.45) is 0 Å². The zero-order valence-electron chi connectivity index (χ0n) is 12.0. The molecule has 2 rings (SSSR count). The van der Waals surface area contributed by atoms with Crippen LogP contribution in [0.4, 0.5) is 5.69 Å². The van der Waals surface area contributed by atoms with E-state index in [0.717, 1.165) is 11.6 Å². The lowest BCUT2D eigenvalue weighted by atomic mass is 10.1. The second kappa shape index (κ2) is 5.69. The molecule has 0 bridgehead atoms. The lowest BCUT2D eigenvalue weighted by molar-refractivity contribution is 0.0697. The summed E-state index contributed by atoms with van der Waals surface area (Å²) in [6, 6.07) is 8.47. The summed E-state index contributed by atoms with van der Waals surface area (Å²) in [5, 5.41) is 18.7. The molecular formula is C15H15NO5S. The number of sulfonamides is 1. The number of aryl methyl sites for hydroxylation is 2. The van der Waals surface area contributed by atoms with E-state index in [4.69, 9.17) is 5.11 Å². The molecule has 0 unspecified atom stereocenters. The van der Waals surface area contributed by atoms with Crippen molar-refractivity contribution in [2.75, 3.05) is 4.72 Å². The number of phenolic OH excluding ortho intramolecular Hbond substituents is 1. The number of aromatic hydroxyl groups is 1. The first kappa shape index (κ1) is 15.8. The average Bonchev–Trinajstić information content (AvgIpc) is 2.42. The number of nitrogens with one attached hydrogen (secondary N) is 1. The van der Waals surface area contributed by atoms with Gasteiger partial charge in [-0.25, -0.2) is 13.2 Å². The minimum atomic E-state index is -3.91. The van der Waals surface area contributed by atoms with E-state index < -0.39 is 16.0 Å². The number of anilines is 1. The molecule has 2 aromatic rings. The molecule has 2 aromatic carbocycles. The van der Waals surface area contributed by atoms with E-state index in [1.807, 2.05) is 6.92 Å². The number of aromatic carboxylic acids is 1. The number of hydrogen-bond acceptors (Lipinski definition) is 4. The second-order valence-corrected chi connectivity index (χ2v) is 6.59. The predicted molar refractivity (Wildman–Crippen MR) is 81.8 cm³/mol. The highest BCUT2D eigenvalue weighted by molar-refractivity contribution is 7.92. The van der Waals surface area contributed by atoms with Crippen molar-refractivity contribution in [2.45, 2.75) is 18.7 Å². The van der Waals surface area contributed by atoms with E-state index in [0.29, 0.717) is 5.56 Å². The fourth-order valence-corrected chi connectivity index (χ4v) is 2.95. The monoisotopic (exact) mass is 321 g/mol. The number of carboxylic acid groups (broad SMARTS) is 1. The van der Waals surface area contributed by atoms with Crippen LogP contribution in [0.3, 0.4) is 0 Å².